The highest BCUT2D eigenvalue weighted by atomic mass is 32.3. The summed E-state index contributed by atoms with van der Waals surface area (Å²) in [6.07, 6.45) is 1.94. The van der Waals surface area contributed by atoms with Crippen LogP contribution in [-0.4, -0.2) is 33.7 Å². The van der Waals surface area contributed by atoms with E-state index in [-0.39, 0.29) is 19.0 Å². The van der Waals surface area contributed by atoms with Crippen LogP contribution in [-0.2, 0) is 16.6 Å². The van der Waals surface area contributed by atoms with Gasteiger partial charge in [0.25, 0.3) is 0 Å². The van der Waals surface area contributed by atoms with E-state index in [4.69, 9.17) is 14.5 Å². The highest BCUT2D eigenvalue weighted by Gasteiger charge is 2.51. The second-order valence-electron chi connectivity index (χ2n) is 8.46. The molecule has 3 aromatic rings. The van der Waals surface area contributed by atoms with Crippen LogP contribution in [0.5, 0.6) is 11.5 Å². The molecule has 1 aromatic heterocycles. The molecule has 5 rings (SSSR count). The zero-order valence-corrected chi connectivity index (χ0v) is 19.3. The lowest BCUT2D eigenvalue weighted by Crippen LogP contribution is -2.23. The summed E-state index contributed by atoms with van der Waals surface area (Å²) < 4.78 is 33.4. The summed E-state index contributed by atoms with van der Waals surface area (Å²) in [5.74, 6) is 1.59. The zero-order valence-electron chi connectivity index (χ0n) is 18.5. The van der Waals surface area contributed by atoms with Gasteiger partial charge in [0.1, 0.15) is 5.78 Å². The van der Waals surface area contributed by atoms with E-state index in [1.807, 2.05) is 49.4 Å². The first kappa shape index (κ1) is 21.9. The number of ether oxygens (including phenoxy) is 2. The summed E-state index contributed by atoms with van der Waals surface area (Å²) in [4.78, 5) is 18.4. The number of benzene rings is 2. The van der Waals surface area contributed by atoms with Crippen LogP contribution in [0, 0.1) is 6.92 Å². The van der Waals surface area contributed by atoms with Gasteiger partial charge in [0, 0.05) is 30.4 Å². The van der Waals surface area contributed by atoms with E-state index in [9.17, 15) is 13.9 Å². The van der Waals surface area contributed by atoms with Gasteiger partial charge in [0.2, 0.25) is 6.79 Å². The number of carbonyl (C=O) groups excluding carboxylic acids is 1. The lowest BCUT2D eigenvalue weighted by Gasteiger charge is -2.31. The van der Waals surface area contributed by atoms with Gasteiger partial charge in [-0.25, -0.2) is 4.72 Å². The number of aromatic nitrogens is 1. The highest BCUT2D eigenvalue weighted by Crippen LogP contribution is 2.51. The molecule has 0 atom stereocenters. The SMILES string of the molecule is CNS(O)(O)c1ccc(-c2ccc(CC(=O)C3(c4ccc5c(c4)OCO5)CC3)nc2C)cc1. The maximum atomic E-state index is 13.3. The molecule has 0 unspecified atom stereocenters. The Kier molecular flexibility index (Phi) is 5.41. The Balaban J connectivity index is 1.33. The van der Waals surface area contributed by atoms with Crippen molar-refractivity contribution < 1.29 is 23.4 Å². The van der Waals surface area contributed by atoms with Gasteiger partial charge in [0.05, 0.1) is 10.3 Å². The molecule has 1 fully saturated rings. The molecule has 33 heavy (non-hydrogen) atoms. The van der Waals surface area contributed by atoms with Gasteiger partial charge < -0.3 is 9.47 Å². The average molecular weight is 467 g/mol. The van der Waals surface area contributed by atoms with Crippen molar-refractivity contribution in [1.82, 2.24) is 9.71 Å². The van der Waals surface area contributed by atoms with E-state index in [1.165, 1.54) is 7.05 Å². The number of fused-ring (bicyclic) bond motifs is 1. The van der Waals surface area contributed by atoms with Crippen molar-refractivity contribution in [3.63, 3.8) is 0 Å². The number of aryl methyl sites for hydroxylation is 1. The van der Waals surface area contributed by atoms with Crippen LogP contribution >= 0.6 is 10.8 Å². The third kappa shape index (κ3) is 4.00. The molecule has 0 bridgehead atoms. The van der Waals surface area contributed by atoms with E-state index < -0.39 is 16.2 Å². The van der Waals surface area contributed by atoms with Crippen molar-refractivity contribution in [3.8, 4) is 22.6 Å². The highest BCUT2D eigenvalue weighted by molar-refractivity contribution is 8.22. The molecule has 2 heterocycles. The van der Waals surface area contributed by atoms with Crippen LogP contribution in [0.15, 0.2) is 59.5 Å². The maximum Gasteiger partial charge on any atom is 0.231 e. The second kappa shape index (κ2) is 8.14. The fourth-order valence-corrected chi connectivity index (χ4v) is 5.09. The van der Waals surface area contributed by atoms with Gasteiger partial charge in [-0.15, -0.1) is 10.8 Å². The number of nitrogens with zero attached hydrogens (tertiary/aromatic N) is 1. The molecule has 7 nitrogen and oxygen atoms in total. The number of rotatable bonds is 7. The van der Waals surface area contributed by atoms with Crippen LogP contribution in [0.25, 0.3) is 11.1 Å². The summed E-state index contributed by atoms with van der Waals surface area (Å²) in [6, 6.07) is 16.7. The molecule has 0 spiro atoms. The van der Waals surface area contributed by atoms with Crippen molar-refractivity contribution in [2.45, 2.75) is 36.5 Å². The number of carbonyl (C=O) groups is 1. The van der Waals surface area contributed by atoms with Crippen molar-refractivity contribution in [2.24, 2.45) is 0 Å². The number of ketones is 1. The summed E-state index contributed by atoms with van der Waals surface area (Å²) in [5, 5.41) is 0. The van der Waals surface area contributed by atoms with Crippen molar-refractivity contribution >= 4 is 16.6 Å². The fraction of sp³-hybridized carbons (Fsp3) is 0.280. The average Bonchev–Trinajstić information content (AvgIpc) is 3.50. The number of pyridine rings is 1. The molecular formula is C25H26N2O5S. The lowest BCUT2D eigenvalue weighted by atomic mass is 9.88. The quantitative estimate of drug-likeness (QED) is 0.456. The van der Waals surface area contributed by atoms with Gasteiger partial charge in [0.15, 0.2) is 11.5 Å². The first-order chi connectivity index (χ1) is 15.8. The Morgan fingerprint density at radius 2 is 1.79 bits per heavy atom. The summed E-state index contributed by atoms with van der Waals surface area (Å²) in [5.41, 5.74) is 3.96. The van der Waals surface area contributed by atoms with Crippen molar-refractivity contribution in [1.29, 1.82) is 0 Å². The van der Waals surface area contributed by atoms with E-state index in [0.29, 0.717) is 10.6 Å². The third-order valence-corrected chi connectivity index (χ3v) is 7.97. The molecule has 1 aliphatic carbocycles. The Morgan fingerprint density at radius 3 is 2.45 bits per heavy atom. The van der Waals surface area contributed by atoms with Gasteiger partial charge in [-0.1, -0.05) is 24.3 Å². The minimum Gasteiger partial charge on any atom is -0.454 e. The minimum atomic E-state index is -2.98. The molecule has 3 N–H and O–H groups in total. The molecule has 1 saturated carbocycles. The third-order valence-electron chi connectivity index (χ3n) is 6.47. The van der Waals surface area contributed by atoms with Crippen LogP contribution in [0.4, 0.5) is 0 Å². The van der Waals surface area contributed by atoms with Crippen LogP contribution < -0.4 is 14.2 Å². The minimum absolute atomic E-state index is 0.169. The first-order valence-corrected chi connectivity index (χ1v) is 12.3. The van der Waals surface area contributed by atoms with Crippen LogP contribution in [0.1, 0.15) is 29.8 Å². The second-order valence-corrected chi connectivity index (χ2v) is 10.4. The first-order valence-electron chi connectivity index (χ1n) is 10.8. The summed E-state index contributed by atoms with van der Waals surface area (Å²) in [6.45, 7) is 2.14. The Labute approximate surface area is 194 Å². The molecule has 172 valence electrons. The zero-order chi connectivity index (χ0) is 23.2. The van der Waals surface area contributed by atoms with Crippen molar-refractivity contribution in [2.75, 3.05) is 13.8 Å². The van der Waals surface area contributed by atoms with E-state index >= 15 is 0 Å². The molecular weight excluding hydrogens is 440 g/mol. The number of hydrogen-bond acceptors (Lipinski definition) is 7. The Hall–Kier alpha value is -2.91. The fourth-order valence-electron chi connectivity index (χ4n) is 4.34. The molecule has 8 heteroatoms. The molecule has 2 aromatic carbocycles. The molecule has 0 saturated heterocycles. The predicted molar refractivity (Wildman–Crippen MR) is 127 cm³/mol. The summed E-state index contributed by atoms with van der Waals surface area (Å²) in [7, 11) is -1.47. The van der Waals surface area contributed by atoms with Crippen LogP contribution in [0.2, 0.25) is 0 Å². The normalized spacial score (nSPS) is 16.5. The smallest absolute Gasteiger partial charge is 0.231 e. The van der Waals surface area contributed by atoms with E-state index in [2.05, 4.69) is 4.72 Å². The summed E-state index contributed by atoms with van der Waals surface area (Å²) >= 11 is 0. The number of Topliss-reactive ketones (excluding diaryl/α,β-unsaturated/α-hetero) is 1. The topological polar surface area (TPSA) is 101 Å². The largest absolute Gasteiger partial charge is 0.454 e. The van der Waals surface area contributed by atoms with Crippen LogP contribution in [0.3, 0.4) is 0 Å². The monoisotopic (exact) mass is 466 g/mol. The predicted octanol–water partition coefficient (Wildman–Crippen LogP) is 4.87. The maximum absolute atomic E-state index is 13.3. The molecule has 0 amide bonds. The van der Waals surface area contributed by atoms with E-state index in [0.717, 1.165) is 46.7 Å². The Bertz CT molecular complexity index is 1220. The molecule has 2 aliphatic rings. The molecule has 0 radical (unpaired) electrons. The number of hydrogen-bond donors (Lipinski definition) is 3. The van der Waals surface area contributed by atoms with Gasteiger partial charge in [-0.2, -0.15) is 0 Å². The van der Waals surface area contributed by atoms with E-state index in [1.54, 1.807) is 12.1 Å². The standard InChI is InChI=1S/C25H26N2O5S/c1-16-21(17-3-7-20(8-4-17)33(29,30)26-2)9-6-19(27-16)14-24(28)25(11-12-25)18-5-10-22-23(13-18)32-15-31-22/h3-10,13,26,29-30H,11-12,14-15H2,1-2H3. The lowest BCUT2D eigenvalue weighted by molar-refractivity contribution is -0.120. The van der Waals surface area contributed by atoms with Gasteiger partial charge in [-0.05, 0) is 61.2 Å². The van der Waals surface area contributed by atoms with Gasteiger partial charge >= 0.3 is 0 Å². The number of nitrogens with one attached hydrogen (secondary N) is 1. The molecule has 1 aliphatic heterocycles. The van der Waals surface area contributed by atoms with Crippen molar-refractivity contribution in [3.05, 3.63) is 71.5 Å². The Morgan fingerprint density at radius 1 is 1.06 bits per heavy atom. The van der Waals surface area contributed by atoms with Gasteiger partial charge in [-0.3, -0.25) is 18.9 Å².